The third-order valence-corrected chi connectivity index (χ3v) is 5.97. The Hall–Kier alpha value is -1.53. The number of aliphatic imine (C=N–C) groups is 1. The molecule has 2 aliphatic rings. The van der Waals surface area contributed by atoms with Crippen LogP contribution >= 0.6 is 23.4 Å². The molecule has 0 aliphatic carbocycles. The van der Waals surface area contributed by atoms with Gasteiger partial charge in [0.1, 0.15) is 6.54 Å². The van der Waals surface area contributed by atoms with E-state index in [0.29, 0.717) is 15.9 Å². The molecule has 0 bridgehead atoms. The summed E-state index contributed by atoms with van der Waals surface area (Å²) < 4.78 is 0. The van der Waals surface area contributed by atoms with Crippen LogP contribution in [0.1, 0.15) is 33.1 Å². The first-order valence-corrected chi connectivity index (χ1v) is 9.91. The van der Waals surface area contributed by atoms with Gasteiger partial charge < -0.3 is 4.90 Å². The summed E-state index contributed by atoms with van der Waals surface area (Å²) >= 11 is 7.53. The van der Waals surface area contributed by atoms with Crippen LogP contribution in [0.4, 0.5) is 5.69 Å². The molecule has 0 radical (unpaired) electrons. The minimum Gasteiger partial charge on any atom is -0.337 e. The first kappa shape index (κ1) is 18.3. The first-order valence-electron chi connectivity index (χ1n) is 8.55. The van der Waals surface area contributed by atoms with Gasteiger partial charge in [0, 0.05) is 12.1 Å². The molecule has 0 spiro atoms. The predicted octanol–water partition coefficient (Wildman–Crippen LogP) is 3.57. The highest BCUT2D eigenvalue weighted by Crippen LogP contribution is 2.31. The Bertz CT molecular complexity index is 699. The summed E-state index contributed by atoms with van der Waals surface area (Å²) in [6.07, 6.45) is 3.26. The number of halogens is 1. The van der Waals surface area contributed by atoms with Crippen LogP contribution in [0.25, 0.3) is 0 Å². The van der Waals surface area contributed by atoms with Gasteiger partial charge in [0.25, 0.3) is 5.91 Å². The molecule has 25 heavy (non-hydrogen) atoms. The van der Waals surface area contributed by atoms with Crippen molar-refractivity contribution in [1.82, 2.24) is 4.90 Å². The highest BCUT2D eigenvalue weighted by Gasteiger charge is 2.32. The van der Waals surface area contributed by atoms with E-state index in [-0.39, 0.29) is 36.2 Å². The van der Waals surface area contributed by atoms with Gasteiger partial charge in [-0.15, -0.1) is 0 Å². The van der Waals surface area contributed by atoms with Gasteiger partial charge in [0.2, 0.25) is 5.91 Å². The Kier molecular flexibility index (Phi) is 5.69. The third kappa shape index (κ3) is 3.85. The summed E-state index contributed by atoms with van der Waals surface area (Å²) in [7, 11) is 0. The Balaban J connectivity index is 1.69. The lowest BCUT2D eigenvalue weighted by Crippen LogP contribution is -2.48. The maximum atomic E-state index is 12.7. The summed E-state index contributed by atoms with van der Waals surface area (Å²) in [4.78, 5) is 32.7. The highest BCUT2D eigenvalue weighted by molar-refractivity contribution is 8.14. The van der Waals surface area contributed by atoms with Crippen LogP contribution in [0.5, 0.6) is 0 Å². The average Bonchev–Trinajstić information content (AvgIpc) is 2.94. The molecule has 5 nitrogen and oxygen atoms in total. The summed E-state index contributed by atoms with van der Waals surface area (Å²) in [6, 6.07) is 7.72. The van der Waals surface area contributed by atoms with Crippen LogP contribution in [0, 0.1) is 0 Å². The zero-order valence-electron chi connectivity index (χ0n) is 14.4. The number of hydrogen-bond donors (Lipinski definition) is 0. The maximum absolute atomic E-state index is 12.7. The lowest BCUT2D eigenvalue weighted by molar-refractivity contribution is -0.134. The molecule has 134 valence electrons. The molecule has 2 heterocycles. The van der Waals surface area contributed by atoms with Crippen molar-refractivity contribution in [3.05, 3.63) is 29.3 Å². The predicted molar refractivity (Wildman–Crippen MR) is 103 cm³/mol. The minimum atomic E-state index is -0.122. The molecule has 2 aliphatic heterocycles. The van der Waals surface area contributed by atoms with Crippen LogP contribution in [-0.2, 0) is 9.59 Å². The number of thioether (sulfide) groups is 1. The monoisotopic (exact) mass is 379 g/mol. The van der Waals surface area contributed by atoms with E-state index < -0.39 is 0 Å². The molecule has 0 saturated carbocycles. The number of anilines is 1. The van der Waals surface area contributed by atoms with E-state index in [4.69, 9.17) is 11.6 Å². The number of piperidine rings is 1. The highest BCUT2D eigenvalue weighted by atomic mass is 35.5. The number of carbonyl (C=O) groups excluding carboxylic acids is 2. The Morgan fingerprint density at radius 3 is 2.64 bits per heavy atom. The summed E-state index contributed by atoms with van der Waals surface area (Å²) in [5.74, 6) is 0.260. The molecule has 3 rings (SSSR count). The molecular formula is C18H22ClN3O2S. The molecule has 0 unspecified atom stereocenters. The number of nitrogens with zero attached hydrogens (tertiary/aromatic N) is 3. The SMILES string of the molecule is C[C@H]1CCC[C@H](C)N1C(=O)CSC1=NCC(=O)N1c1ccccc1Cl. The smallest absolute Gasteiger partial charge is 0.254 e. The van der Waals surface area contributed by atoms with E-state index in [1.54, 1.807) is 12.1 Å². The largest absolute Gasteiger partial charge is 0.337 e. The fraction of sp³-hybridized carbons (Fsp3) is 0.500. The molecule has 7 heteroatoms. The zero-order chi connectivity index (χ0) is 18.0. The van der Waals surface area contributed by atoms with E-state index >= 15 is 0 Å². The van der Waals surface area contributed by atoms with E-state index in [0.717, 1.165) is 12.8 Å². The van der Waals surface area contributed by atoms with Crippen LogP contribution in [0.15, 0.2) is 29.3 Å². The van der Waals surface area contributed by atoms with Gasteiger partial charge in [-0.25, -0.2) is 0 Å². The van der Waals surface area contributed by atoms with Crippen molar-refractivity contribution in [1.29, 1.82) is 0 Å². The van der Waals surface area contributed by atoms with Crippen LogP contribution < -0.4 is 4.90 Å². The second-order valence-corrected chi connectivity index (χ2v) is 7.85. The molecular weight excluding hydrogens is 358 g/mol. The van der Waals surface area contributed by atoms with Crippen LogP contribution in [0.3, 0.4) is 0 Å². The van der Waals surface area contributed by atoms with Crippen molar-refractivity contribution >= 4 is 46.0 Å². The molecule has 2 amide bonds. The van der Waals surface area contributed by atoms with Crippen molar-refractivity contribution in [3.63, 3.8) is 0 Å². The fourth-order valence-electron chi connectivity index (χ4n) is 3.48. The number of para-hydroxylation sites is 1. The number of hydrogen-bond acceptors (Lipinski definition) is 4. The Morgan fingerprint density at radius 1 is 1.28 bits per heavy atom. The molecule has 0 aromatic heterocycles. The molecule has 1 aromatic carbocycles. The molecule has 1 fully saturated rings. The van der Waals surface area contributed by atoms with Crippen LogP contribution in [-0.4, -0.2) is 46.3 Å². The van der Waals surface area contributed by atoms with Crippen molar-refractivity contribution in [2.75, 3.05) is 17.2 Å². The second kappa shape index (κ2) is 7.79. The van der Waals surface area contributed by atoms with Gasteiger partial charge in [-0.3, -0.25) is 19.5 Å². The van der Waals surface area contributed by atoms with Gasteiger partial charge in [-0.05, 0) is 45.2 Å². The van der Waals surface area contributed by atoms with Gasteiger partial charge >= 0.3 is 0 Å². The number of carbonyl (C=O) groups is 2. The zero-order valence-corrected chi connectivity index (χ0v) is 16.0. The van der Waals surface area contributed by atoms with Crippen molar-refractivity contribution in [2.45, 2.75) is 45.2 Å². The Morgan fingerprint density at radius 2 is 1.96 bits per heavy atom. The first-order chi connectivity index (χ1) is 12.0. The quantitative estimate of drug-likeness (QED) is 0.806. The summed E-state index contributed by atoms with van der Waals surface area (Å²) in [6.45, 7) is 4.30. The van der Waals surface area contributed by atoms with Gasteiger partial charge in [-0.2, -0.15) is 0 Å². The normalized spacial score (nSPS) is 23.8. The van der Waals surface area contributed by atoms with Crippen molar-refractivity contribution in [2.24, 2.45) is 4.99 Å². The third-order valence-electron chi connectivity index (χ3n) is 4.69. The van der Waals surface area contributed by atoms with Gasteiger partial charge in [-0.1, -0.05) is 35.5 Å². The summed E-state index contributed by atoms with van der Waals surface area (Å²) in [5.41, 5.74) is 0.616. The topological polar surface area (TPSA) is 53.0 Å². The number of amides is 2. The standard InChI is InChI=1S/C18H22ClN3O2S/c1-12-6-5-7-13(2)21(12)17(24)11-25-18-20-10-16(23)22(18)15-9-4-3-8-14(15)19/h3-4,8-9,12-13H,5-7,10-11H2,1-2H3/t12-,13-/m0/s1. The minimum absolute atomic E-state index is 0.0955. The van der Waals surface area contributed by atoms with E-state index in [1.165, 1.54) is 23.1 Å². The van der Waals surface area contributed by atoms with E-state index in [1.807, 2.05) is 17.0 Å². The van der Waals surface area contributed by atoms with Crippen LogP contribution in [0.2, 0.25) is 5.02 Å². The van der Waals surface area contributed by atoms with Gasteiger partial charge in [0.05, 0.1) is 16.5 Å². The van der Waals surface area contributed by atoms with E-state index in [2.05, 4.69) is 18.8 Å². The fourth-order valence-corrected chi connectivity index (χ4v) is 4.58. The second-order valence-electron chi connectivity index (χ2n) is 6.50. The van der Waals surface area contributed by atoms with Gasteiger partial charge in [0.15, 0.2) is 5.17 Å². The lowest BCUT2D eigenvalue weighted by Gasteiger charge is -2.39. The molecule has 2 atom stereocenters. The molecule has 1 aromatic rings. The lowest BCUT2D eigenvalue weighted by atomic mass is 9.98. The van der Waals surface area contributed by atoms with E-state index in [9.17, 15) is 9.59 Å². The number of amidine groups is 1. The maximum Gasteiger partial charge on any atom is 0.254 e. The number of likely N-dealkylation sites (tertiary alicyclic amines) is 1. The Labute approximate surface area is 157 Å². The van der Waals surface area contributed by atoms with Crippen molar-refractivity contribution < 1.29 is 9.59 Å². The number of benzene rings is 1. The molecule has 1 saturated heterocycles. The summed E-state index contributed by atoms with van der Waals surface area (Å²) in [5, 5.41) is 1.04. The van der Waals surface area contributed by atoms with Crippen molar-refractivity contribution in [3.8, 4) is 0 Å². The number of rotatable bonds is 3. The average molecular weight is 380 g/mol. The molecule has 0 N–H and O–H groups in total.